The van der Waals surface area contributed by atoms with Crippen molar-refractivity contribution in [2.24, 2.45) is 0 Å². The molecular formula is C14H19BrN2O2. The lowest BCUT2D eigenvalue weighted by Crippen LogP contribution is -2.57. The van der Waals surface area contributed by atoms with Crippen LogP contribution in [0.5, 0.6) is 0 Å². The first-order valence-corrected chi connectivity index (χ1v) is 7.25. The molecule has 0 spiro atoms. The van der Waals surface area contributed by atoms with Gasteiger partial charge in [-0.15, -0.1) is 0 Å². The molecule has 1 aromatic carbocycles. The summed E-state index contributed by atoms with van der Waals surface area (Å²) in [6.07, 6.45) is 0.156. The van der Waals surface area contributed by atoms with Gasteiger partial charge in [-0.3, -0.25) is 4.79 Å². The van der Waals surface area contributed by atoms with Crippen molar-refractivity contribution in [3.63, 3.8) is 0 Å². The minimum atomic E-state index is -0.753. The maximum Gasteiger partial charge on any atom is 0.305 e. The first kappa shape index (κ1) is 14.3. The number of piperazine rings is 1. The third-order valence-corrected chi connectivity index (χ3v) is 4.41. The van der Waals surface area contributed by atoms with Crippen molar-refractivity contribution in [1.29, 1.82) is 0 Å². The fourth-order valence-electron chi connectivity index (χ4n) is 2.60. The Morgan fingerprint density at radius 3 is 2.89 bits per heavy atom. The van der Waals surface area contributed by atoms with Crippen LogP contribution in [0.1, 0.15) is 18.9 Å². The van der Waals surface area contributed by atoms with Crippen LogP contribution in [-0.4, -0.2) is 36.2 Å². The third-order valence-electron chi connectivity index (χ3n) is 3.55. The zero-order valence-corrected chi connectivity index (χ0v) is 12.8. The first-order valence-electron chi connectivity index (χ1n) is 6.46. The number of rotatable bonds is 3. The van der Waals surface area contributed by atoms with Gasteiger partial charge in [-0.2, -0.15) is 0 Å². The number of nitrogens with one attached hydrogen (secondary N) is 1. The predicted molar refractivity (Wildman–Crippen MR) is 79.7 cm³/mol. The van der Waals surface area contributed by atoms with Gasteiger partial charge in [0.1, 0.15) is 0 Å². The average Bonchev–Trinajstić information content (AvgIpc) is 2.32. The highest BCUT2D eigenvalue weighted by molar-refractivity contribution is 9.10. The quantitative estimate of drug-likeness (QED) is 0.895. The molecule has 1 aromatic rings. The lowest BCUT2D eigenvalue weighted by atomic mass is 10.0. The summed E-state index contributed by atoms with van der Waals surface area (Å²) in [5, 5.41) is 12.4. The second kappa shape index (κ2) is 5.92. The smallest absolute Gasteiger partial charge is 0.305 e. The van der Waals surface area contributed by atoms with E-state index in [-0.39, 0.29) is 18.5 Å². The molecule has 1 aliphatic heterocycles. The maximum absolute atomic E-state index is 11.0. The molecule has 1 aliphatic rings. The highest BCUT2D eigenvalue weighted by Crippen LogP contribution is 2.28. The SMILES string of the molecule is Cc1ccc(N2C(C)CNCC2CC(=O)O)cc1Br. The molecule has 1 saturated heterocycles. The Labute approximate surface area is 121 Å². The van der Waals surface area contributed by atoms with Crippen molar-refractivity contribution in [2.45, 2.75) is 32.4 Å². The van der Waals surface area contributed by atoms with Gasteiger partial charge in [0.25, 0.3) is 0 Å². The molecule has 1 fully saturated rings. The summed E-state index contributed by atoms with van der Waals surface area (Å²) in [6, 6.07) is 6.48. The largest absolute Gasteiger partial charge is 0.481 e. The van der Waals surface area contributed by atoms with Crippen LogP contribution in [0.2, 0.25) is 0 Å². The van der Waals surface area contributed by atoms with E-state index in [9.17, 15) is 4.79 Å². The van der Waals surface area contributed by atoms with Gasteiger partial charge in [0, 0.05) is 29.3 Å². The number of anilines is 1. The molecule has 0 bridgehead atoms. The molecule has 2 atom stereocenters. The van der Waals surface area contributed by atoms with Gasteiger partial charge < -0.3 is 15.3 Å². The molecule has 0 radical (unpaired) electrons. The number of hydrogen-bond donors (Lipinski definition) is 2. The van der Waals surface area contributed by atoms with Gasteiger partial charge >= 0.3 is 5.97 Å². The van der Waals surface area contributed by atoms with E-state index in [1.165, 1.54) is 5.56 Å². The van der Waals surface area contributed by atoms with Crippen LogP contribution >= 0.6 is 15.9 Å². The standard InChI is InChI=1S/C14H19BrN2O2/c1-9-3-4-11(5-13(9)15)17-10(2)7-16-8-12(17)6-14(18)19/h3-5,10,12,16H,6-8H2,1-2H3,(H,18,19). The molecule has 0 saturated carbocycles. The summed E-state index contributed by atoms with van der Waals surface area (Å²) in [5.74, 6) is -0.753. The molecule has 2 unspecified atom stereocenters. The van der Waals surface area contributed by atoms with E-state index in [0.29, 0.717) is 6.54 Å². The van der Waals surface area contributed by atoms with Gasteiger partial charge in [0.15, 0.2) is 0 Å². The van der Waals surface area contributed by atoms with E-state index in [0.717, 1.165) is 16.7 Å². The van der Waals surface area contributed by atoms with Crippen LogP contribution in [0, 0.1) is 6.92 Å². The van der Waals surface area contributed by atoms with Crippen LogP contribution in [0.15, 0.2) is 22.7 Å². The molecule has 5 heteroatoms. The van der Waals surface area contributed by atoms with Gasteiger partial charge in [0.05, 0.1) is 12.5 Å². The number of benzene rings is 1. The Morgan fingerprint density at radius 1 is 1.53 bits per heavy atom. The van der Waals surface area contributed by atoms with E-state index in [1.807, 2.05) is 6.92 Å². The number of carboxylic acid groups (broad SMARTS) is 1. The van der Waals surface area contributed by atoms with Crippen molar-refractivity contribution >= 4 is 27.6 Å². The molecule has 19 heavy (non-hydrogen) atoms. The van der Waals surface area contributed by atoms with Gasteiger partial charge in [0.2, 0.25) is 0 Å². The zero-order chi connectivity index (χ0) is 14.0. The predicted octanol–water partition coefficient (Wildman–Crippen LogP) is 2.40. The van der Waals surface area contributed by atoms with Crippen LogP contribution in [0.25, 0.3) is 0 Å². The molecule has 4 nitrogen and oxygen atoms in total. The van der Waals surface area contributed by atoms with Gasteiger partial charge in [-0.25, -0.2) is 0 Å². The summed E-state index contributed by atoms with van der Waals surface area (Å²) in [6.45, 7) is 5.75. The number of halogens is 1. The van der Waals surface area contributed by atoms with Crippen LogP contribution < -0.4 is 10.2 Å². The summed E-state index contributed by atoms with van der Waals surface area (Å²) in [4.78, 5) is 13.2. The van der Waals surface area contributed by atoms with Crippen molar-refractivity contribution in [2.75, 3.05) is 18.0 Å². The summed E-state index contributed by atoms with van der Waals surface area (Å²) >= 11 is 3.54. The minimum absolute atomic E-state index is 0.00384. The van der Waals surface area contributed by atoms with Crippen LogP contribution in [0.4, 0.5) is 5.69 Å². The second-order valence-electron chi connectivity index (χ2n) is 5.10. The molecule has 0 aliphatic carbocycles. The first-order chi connectivity index (χ1) is 8.99. The third kappa shape index (κ3) is 3.28. The van der Waals surface area contributed by atoms with E-state index < -0.39 is 5.97 Å². The Morgan fingerprint density at radius 2 is 2.26 bits per heavy atom. The van der Waals surface area contributed by atoms with Gasteiger partial charge in [-0.05, 0) is 31.5 Å². The van der Waals surface area contributed by atoms with E-state index in [2.05, 4.69) is 51.3 Å². The van der Waals surface area contributed by atoms with E-state index in [4.69, 9.17) is 5.11 Å². The lowest BCUT2D eigenvalue weighted by Gasteiger charge is -2.42. The normalized spacial score (nSPS) is 23.4. The molecule has 1 heterocycles. The molecule has 0 aromatic heterocycles. The number of carboxylic acids is 1. The van der Waals surface area contributed by atoms with E-state index in [1.54, 1.807) is 0 Å². The summed E-state index contributed by atoms with van der Waals surface area (Å²) < 4.78 is 1.06. The van der Waals surface area contributed by atoms with Crippen LogP contribution in [-0.2, 0) is 4.79 Å². The summed E-state index contributed by atoms with van der Waals surface area (Å²) in [5.41, 5.74) is 2.26. The topological polar surface area (TPSA) is 52.6 Å². The fourth-order valence-corrected chi connectivity index (χ4v) is 2.96. The van der Waals surface area contributed by atoms with Crippen molar-refractivity contribution in [1.82, 2.24) is 5.32 Å². The fraction of sp³-hybridized carbons (Fsp3) is 0.500. The lowest BCUT2D eigenvalue weighted by molar-refractivity contribution is -0.137. The Hall–Kier alpha value is -1.07. The van der Waals surface area contributed by atoms with Crippen molar-refractivity contribution in [3.8, 4) is 0 Å². The monoisotopic (exact) mass is 326 g/mol. The molecule has 2 N–H and O–H groups in total. The maximum atomic E-state index is 11.0. The number of nitrogens with zero attached hydrogens (tertiary/aromatic N) is 1. The molecule has 0 amide bonds. The molecule has 104 valence electrons. The van der Waals surface area contributed by atoms with Gasteiger partial charge in [-0.1, -0.05) is 22.0 Å². The number of hydrogen-bond acceptors (Lipinski definition) is 3. The number of aliphatic carboxylic acids is 1. The average molecular weight is 327 g/mol. The van der Waals surface area contributed by atoms with E-state index >= 15 is 0 Å². The highest BCUT2D eigenvalue weighted by Gasteiger charge is 2.29. The van der Waals surface area contributed by atoms with Crippen molar-refractivity contribution < 1.29 is 9.90 Å². The Balaban J connectivity index is 2.30. The number of aryl methyl sites for hydroxylation is 1. The summed E-state index contributed by atoms with van der Waals surface area (Å²) in [7, 11) is 0. The molecule has 2 rings (SSSR count). The van der Waals surface area contributed by atoms with Crippen LogP contribution in [0.3, 0.4) is 0 Å². The van der Waals surface area contributed by atoms with Crippen molar-refractivity contribution in [3.05, 3.63) is 28.2 Å². The zero-order valence-electron chi connectivity index (χ0n) is 11.2. The second-order valence-corrected chi connectivity index (χ2v) is 5.95. The molecular weight excluding hydrogens is 308 g/mol. The number of carbonyl (C=O) groups is 1. The Bertz CT molecular complexity index is 479. The Kier molecular flexibility index (Phi) is 4.47. The highest BCUT2D eigenvalue weighted by atomic mass is 79.9. The minimum Gasteiger partial charge on any atom is -0.481 e.